The van der Waals surface area contributed by atoms with Crippen LogP contribution >= 0.6 is 0 Å². The van der Waals surface area contributed by atoms with Gasteiger partial charge in [0.05, 0.1) is 20.0 Å². The minimum Gasteiger partial charge on any atom is -0.493 e. The van der Waals surface area contributed by atoms with E-state index in [1.165, 1.54) is 0 Å². The fourth-order valence-corrected chi connectivity index (χ4v) is 3.64. The van der Waals surface area contributed by atoms with E-state index in [0.717, 1.165) is 16.7 Å². The average molecular weight is 349 g/mol. The highest BCUT2D eigenvalue weighted by atomic mass is 32.2. The van der Waals surface area contributed by atoms with Gasteiger partial charge in [0.1, 0.15) is 0 Å². The van der Waals surface area contributed by atoms with Gasteiger partial charge in [0.2, 0.25) is 10.0 Å². The van der Waals surface area contributed by atoms with Crippen LogP contribution in [0.2, 0.25) is 0 Å². The molecule has 0 aliphatic heterocycles. The van der Waals surface area contributed by atoms with Gasteiger partial charge in [-0.05, 0) is 61.2 Å². The van der Waals surface area contributed by atoms with E-state index < -0.39 is 10.0 Å². The standard InChI is InChI=1S/C18H23NO4S/c1-13-9-14(2)11-16(10-13)19-24(20,21)8-7-15-5-6-17(22-3)18(12-15)23-4/h5-6,9-12,19H,7-8H2,1-4H3. The molecule has 0 aromatic heterocycles. The highest BCUT2D eigenvalue weighted by Gasteiger charge is 2.12. The summed E-state index contributed by atoms with van der Waals surface area (Å²) in [5.41, 5.74) is 3.51. The van der Waals surface area contributed by atoms with Crippen molar-refractivity contribution in [1.82, 2.24) is 0 Å². The van der Waals surface area contributed by atoms with Gasteiger partial charge in [0.15, 0.2) is 11.5 Å². The van der Waals surface area contributed by atoms with E-state index in [1.54, 1.807) is 26.4 Å². The fourth-order valence-electron chi connectivity index (χ4n) is 2.55. The zero-order valence-corrected chi connectivity index (χ0v) is 15.2. The SMILES string of the molecule is COc1ccc(CCS(=O)(=O)Nc2cc(C)cc(C)c2)cc1OC. The summed E-state index contributed by atoms with van der Waals surface area (Å²) in [6.07, 6.45) is 0.389. The first kappa shape index (κ1) is 18.1. The van der Waals surface area contributed by atoms with Crippen molar-refractivity contribution >= 4 is 15.7 Å². The molecule has 2 aromatic carbocycles. The summed E-state index contributed by atoms with van der Waals surface area (Å²) in [5.74, 6) is 1.21. The fraction of sp³-hybridized carbons (Fsp3) is 0.333. The Bertz CT molecular complexity index is 796. The highest BCUT2D eigenvalue weighted by molar-refractivity contribution is 7.92. The zero-order chi connectivity index (χ0) is 17.7. The number of hydrogen-bond acceptors (Lipinski definition) is 4. The molecular weight excluding hydrogens is 326 g/mol. The highest BCUT2D eigenvalue weighted by Crippen LogP contribution is 2.27. The minimum absolute atomic E-state index is 0.00449. The molecule has 0 aliphatic rings. The lowest BCUT2D eigenvalue weighted by Crippen LogP contribution is -2.18. The second-order valence-electron chi connectivity index (χ2n) is 5.74. The molecule has 6 heteroatoms. The Hall–Kier alpha value is -2.21. The Morgan fingerprint density at radius 3 is 2.12 bits per heavy atom. The van der Waals surface area contributed by atoms with E-state index >= 15 is 0 Å². The molecule has 5 nitrogen and oxygen atoms in total. The van der Waals surface area contributed by atoms with Gasteiger partial charge < -0.3 is 9.47 Å². The third-order valence-corrected chi connectivity index (χ3v) is 4.89. The minimum atomic E-state index is -3.42. The Labute approximate surface area is 143 Å². The summed E-state index contributed by atoms with van der Waals surface area (Å²) < 4.78 is 37.7. The second kappa shape index (κ2) is 7.57. The van der Waals surface area contributed by atoms with Crippen LogP contribution in [-0.2, 0) is 16.4 Å². The van der Waals surface area contributed by atoms with Crippen LogP contribution < -0.4 is 14.2 Å². The van der Waals surface area contributed by atoms with Crippen LogP contribution in [0.5, 0.6) is 11.5 Å². The summed E-state index contributed by atoms with van der Waals surface area (Å²) in [4.78, 5) is 0. The number of anilines is 1. The summed E-state index contributed by atoms with van der Waals surface area (Å²) in [7, 11) is -0.303. The molecule has 1 N–H and O–H groups in total. The van der Waals surface area contributed by atoms with Crippen LogP contribution in [0.25, 0.3) is 0 Å². The normalized spacial score (nSPS) is 11.2. The van der Waals surface area contributed by atoms with Gasteiger partial charge in [-0.3, -0.25) is 4.72 Å². The predicted octanol–water partition coefficient (Wildman–Crippen LogP) is 3.31. The van der Waals surface area contributed by atoms with Crippen LogP contribution in [0.3, 0.4) is 0 Å². The first-order chi connectivity index (χ1) is 11.3. The summed E-state index contributed by atoms with van der Waals surface area (Å²) in [6.45, 7) is 3.88. The van der Waals surface area contributed by atoms with Gasteiger partial charge in [-0.1, -0.05) is 12.1 Å². The molecule has 0 radical (unpaired) electrons. The largest absolute Gasteiger partial charge is 0.493 e. The number of rotatable bonds is 7. The van der Waals surface area contributed by atoms with Crippen LogP contribution in [-0.4, -0.2) is 28.4 Å². The van der Waals surface area contributed by atoms with Crippen molar-refractivity contribution in [2.75, 3.05) is 24.7 Å². The second-order valence-corrected chi connectivity index (χ2v) is 7.58. The van der Waals surface area contributed by atoms with E-state index in [4.69, 9.17) is 9.47 Å². The number of benzene rings is 2. The molecule has 2 rings (SSSR count). The monoisotopic (exact) mass is 349 g/mol. The van der Waals surface area contributed by atoms with Crippen molar-refractivity contribution in [3.05, 3.63) is 53.1 Å². The molecule has 0 aliphatic carbocycles. The molecule has 0 bridgehead atoms. The van der Waals surface area contributed by atoms with Gasteiger partial charge in [-0.25, -0.2) is 8.42 Å². The smallest absolute Gasteiger partial charge is 0.233 e. The Morgan fingerprint density at radius 1 is 0.917 bits per heavy atom. The predicted molar refractivity (Wildman–Crippen MR) is 96.6 cm³/mol. The summed E-state index contributed by atoms with van der Waals surface area (Å²) in [5, 5.41) is 0. The van der Waals surface area contributed by atoms with Crippen LogP contribution in [0, 0.1) is 13.8 Å². The van der Waals surface area contributed by atoms with Gasteiger partial charge in [0.25, 0.3) is 0 Å². The van der Waals surface area contributed by atoms with Crippen molar-refractivity contribution in [1.29, 1.82) is 0 Å². The number of hydrogen-bond donors (Lipinski definition) is 1. The van der Waals surface area contributed by atoms with E-state index in [0.29, 0.717) is 23.6 Å². The van der Waals surface area contributed by atoms with Crippen LogP contribution in [0.15, 0.2) is 36.4 Å². The molecule has 0 unspecified atom stereocenters. The zero-order valence-electron chi connectivity index (χ0n) is 14.4. The molecule has 0 fully saturated rings. The van der Waals surface area contributed by atoms with Crippen molar-refractivity contribution in [2.45, 2.75) is 20.3 Å². The van der Waals surface area contributed by atoms with Crippen molar-refractivity contribution in [3.63, 3.8) is 0 Å². The maximum atomic E-state index is 12.3. The molecule has 0 atom stereocenters. The van der Waals surface area contributed by atoms with Gasteiger partial charge >= 0.3 is 0 Å². The topological polar surface area (TPSA) is 64.6 Å². The molecule has 0 saturated heterocycles. The number of aryl methyl sites for hydroxylation is 3. The molecule has 24 heavy (non-hydrogen) atoms. The molecule has 130 valence electrons. The van der Waals surface area contributed by atoms with Crippen molar-refractivity contribution < 1.29 is 17.9 Å². The quantitative estimate of drug-likeness (QED) is 0.833. The Balaban J connectivity index is 2.07. The molecule has 2 aromatic rings. The van der Waals surface area contributed by atoms with Crippen molar-refractivity contribution in [3.8, 4) is 11.5 Å². The van der Waals surface area contributed by atoms with E-state index in [9.17, 15) is 8.42 Å². The number of sulfonamides is 1. The third-order valence-electron chi connectivity index (χ3n) is 3.60. The van der Waals surface area contributed by atoms with Gasteiger partial charge in [-0.15, -0.1) is 0 Å². The lowest BCUT2D eigenvalue weighted by atomic mass is 10.1. The first-order valence-electron chi connectivity index (χ1n) is 7.62. The van der Waals surface area contributed by atoms with E-state index in [2.05, 4.69) is 4.72 Å². The van der Waals surface area contributed by atoms with E-state index in [-0.39, 0.29) is 5.75 Å². The molecule has 0 spiro atoms. The molecular formula is C18H23NO4S. The molecule has 0 heterocycles. The third kappa shape index (κ3) is 4.89. The summed E-state index contributed by atoms with van der Waals surface area (Å²) in [6, 6.07) is 11.1. The molecule has 0 amide bonds. The number of nitrogens with one attached hydrogen (secondary N) is 1. The number of ether oxygens (including phenoxy) is 2. The molecule has 0 saturated carbocycles. The maximum absolute atomic E-state index is 12.3. The van der Waals surface area contributed by atoms with Gasteiger partial charge in [0, 0.05) is 5.69 Å². The van der Waals surface area contributed by atoms with Crippen LogP contribution in [0.4, 0.5) is 5.69 Å². The van der Waals surface area contributed by atoms with Crippen LogP contribution in [0.1, 0.15) is 16.7 Å². The van der Waals surface area contributed by atoms with Crippen molar-refractivity contribution in [2.24, 2.45) is 0 Å². The Kier molecular flexibility index (Phi) is 5.72. The lowest BCUT2D eigenvalue weighted by molar-refractivity contribution is 0.354. The van der Waals surface area contributed by atoms with E-state index in [1.807, 2.05) is 38.1 Å². The van der Waals surface area contributed by atoms with Gasteiger partial charge in [-0.2, -0.15) is 0 Å². The number of methoxy groups -OCH3 is 2. The lowest BCUT2D eigenvalue weighted by Gasteiger charge is -2.11. The maximum Gasteiger partial charge on any atom is 0.233 e. The summed E-state index contributed by atoms with van der Waals surface area (Å²) >= 11 is 0. The Morgan fingerprint density at radius 2 is 1.54 bits per heavy atom. The first-order valence-corrected chi connectivity index (χ1v) is 9.28. The average Bonchev–Trinajstić information content (AvgIpc) is 2.51.